The van der Waals surface area contributed by atoms with Gasteiger partial charge < -0.3 is 10.4 Å². The number of aromatic amines is 1. The van der Waals surface area contributed by atoms with Gasteiger partial charge in [0.1, 0.15) is 5.82 Å². The summed E-state index contributed by atoms with van der Waals surface area (Å²) in [5.41, 5.74) is 1.84. The maximum absolute atomic E-state index is 13.6. The van der Waals surface area contributed by atoms with E-state index in [2.05, 4.69) is 15.4 Å². The van der Waals surface area contributed by atoms with E-state index < -0.39 is 15.4 Å². The van der Waals surface area contributed by atoms with Crippen LogP contribution in [0.1, 0.15) is 16.8 Å². The van der Waals surface area contributed by atoms with Gasteiger partial charge in [-0.15, -0.1) is 0 Å². The fourth-order valence-corrected chi connectivity index (χ4v) is 4.91. The second-order valence-electron chi connectivity index (χ2n) is 7.24. The number of H-pyrrole nitrogens is 1. The first kappa shape index (κ1) is 20.8. The molecule has 4 aromatic rings. The van der Waals surface area contributed by atoms with Crippen LogP contribution in [-0.2, 0) is 16.3 Å². The number of fused-ring (bicyclic) bond motifs is 1. The molecule has 3 N–H and O–H groups in total. The highest BCUT2D eigenvalue weighted by Gasteiger charge is 2.29. The number of sulfone groups is 1. The standard InChI is InChI=1S/C22H22N4O4S/c1-14-8-10-17(11-9-14)31(29,30)19-20(24-16-6-4-3-5-7-16)25-26-21(19)23-15(2)18(12-13-27)22(26)28/h3-11,24-25,27H,12-13H2,1-2H3. The van der Waals surface area contributed by atoms with Gasteiger partial charge in [-0.25, -0.2) is 13.4 Å². The molecule has 9 heteroatoms. The lowest BCUT2D eigenvalue weighted by Crippen LogP contribution is -2.23. The lowest BCUT2D eigenvalue weighted by molar-refractivity contribution is 0.298. The van der Waals surface area contributed by atoms with Crippen molar-refractivity contribution in [3.05, 3.63) is 81.8 Å². The molecule has 2 aromatic heterocycles. The van der Waals surface area contributed by atoms with Crippen molar-refractivity contribution in [1.82, 2.24) is 14.6 Å². The van der Waals surface area contributed by atoms with Crippen molar-refractivity contribution in [3.8, 4) is 0 Å². The minimum absolute atomic E-state index is 0.00296. The zero-order valence-corrected chi connectivity index (χ0v) is 17.9. The summed E-state index contributed by atoms with van der Waals surface area (Å²) < 4.78 is 28.3. The Morgan fingerprint density at radius 3 is 2.39 bits per heavy atom. The molecule has 31 heavy (non-hydrogen) atoms. The predicted molar refractivity (Wildman–Crippen MR) is 118 cm³/mol. The van der Waals surface area contributed by atoms with Gasteiger partial charge in [0.15, 0.2) is 10.5 Å². The molecule has 0 aliphatic heterocycles. The highest BCUT2D eigenvalue weighted by atomic mass is 32.2. The molecule has 0 amide bonds. The summed E-state index contributed by atoms with van der Waals surface area (Å²) in [7, 11) is -4.01. The van der Waals surface area contributed by atoms with Crippen molar-refractivity contribution in [2.75, 3.05) is 11.9 Å². The zero-order chi connectivity index (χ0) is 22.2. The second-order valence-corrected chi connectivity index (χ2v) is 9.12. The fraction of sp³-hybridized carbons (Fsp3) is 0.182. The summed E-state index contributed by atoms with van der Waals surface area (Å²) in [6.07, 6.45) is 0.126. The number of aryl methyl sites for hydroxylation is 2. The third-order valence-electron chi connectivity index (χ3n) is 5.04. The molecule has 0 spiro atoms. The van der Waals surface area contributed by atoms with Gasteiger partial charge >= 0.3 is 0 Å². The minimum atomic E-state index is -4.01. The molecule has 0 fully saturated rings. The Hall–Kier alpha value is -3.43. The second kappa shape index (κ2) is 8.01. The van der Waals surface area contributed by atoms with Crippen LogP contribution in [0, 0.1) is 13.8 Å². The first-order valence-corrected chi connectivity index (χ1v) is 11.2. The van der Waals surface area contributed by atoms with Gasteiger partial charge in [-0.05, 0) is 38.1 Å². The highest BCUT2D eigenvalue weighted by molar-refractivity contribution is 7.91. The molecular formula is C22H22N4O4S. The molecule has 0 bridgehead atoms. The Labute approximate surface area is 179 Å². The van der Waals surface area contributed by atoms with Crippen LogP contribution in [0.25, 0.3) is 5.65 Å². The Bertz CT molecular complexity index is 1410. The lowest BCUT2D eigenvalue weighted by Gasteiger charge is -2.09. The summed E-state index contributed by atoms with van der Waals surface area (Å²) in [4.78, 5) is 17.4. The fourth-order valence-electron chi connectivity index (χ4n) is 3.43. The van der Waals surface area contributed by atoms with Crippen LogP contribution in [0.2, 0.25) is 0 Å². The number of hydrogen-bond acceptors (Lipinski definition) is 6. The normalized spacial score (nSPS) is 11.7. The van der Waals surface area contributed by atoms with Crippen molar-refractivity contribution >= 4 is 27.0 Å². The van der Waals surface area contributed by atoms with E-state index in [1.165, 1.54) is 12.1 Å². The number of rotatable bonds is 6. The van der Waals surface area contributed by atoms with Crippen molar-refractivity contribution in [3.63, 3.8) is 0 Å². The van der Waals surface area contributed by atoms with Gasteiger partial charge in [0.2, 0.25) is 9.84 Å². The molecule has 0 aliphatic carbocycles. The van der Waals surface area contributed by atoms with Crippen molar-refractivity contribution in [1.29, 1.82) is 0 Å². The number of aromatic nitrogens is 3. The number of benzene rings is 2. The maximum atomic E-state index is 13.6. The molecule has 8 nitrogen and oxygen atoms in total. The van der Waals surface area contributed by atoms with Crippen LogP contribution in [0.3, 0.4) is 0 Å². The van der Waals surface area contributed by atoms with E-state index in [0.717, 1.165) is 10.1 Å². The zero-order valence-electron chi connectivity index (χ0n) is 17.1. The Morgan fingerprint density at radius 1 is 1.06 bits per heavy atom. The largest absolute Gasteiger partial charge is 0.396 e. The first-order valence-electron chi connectivity index (χ1n) is 9.72. The molecule has 0 saturated heterocycles. The van der Waals surface area contributed by atoms with Crippen molar-refractivity contribution in [2.24, 2.45) is 0 Å². The average molecular weight is 439 g/mol. The summed E-state index contributed by atoms with van der Waals surface area (Å²) >= 11 is 0. The van der Waals surface area contributed by atoms with E-state index in [4.69, 9.17) is 0 Å². The molecule has 4 rings (SSSR count). The first-order chi connectivity index (χ1) is 14.8. The number of anilines is 2. The van der Waals surface area contributed by atoms with Crippen LogP contribution >= 0.6 is 0 Å². The molecular weight excluding hydrogens is 416 g/mol. The molecule has 0 saturated carbocycles. The molecule has 0 atom stereocenters. The number of nitrogens with zero attached hydrogens (tertiary/aromatic N) is 2. The quantitative estimate of drug-likeness (QED) is 0.426. The van der Waals surface area contributed by atoms with E-state index in [9.17, 15) is 18.3 Å². The van der Waals surface area contributed by atoms with Gasteiger partial charge in [-0.3, -0.25) is 9.89 Å². The number of aliphatic hydroxyl groups excluding tert-OH is 1. The van der Waals surface area contributed by atoms with E-state index in [1.54, 1.807) is 31.2 Å². The van der Waals surface area contributed by atoms with Crippen LogP contribution in [-0.4, -0.2) is 34.7 Å². The average Bonchev–Trinajstić information content (AvgIpc) is 3.11. The maximum Gasteiger partial charge on any atom is 0.276 e. The van der Waals surface area contributed by atoms with Crippen LogP contribution in [0.15, 0.2) is 69.2 Å². The van der Waals surface area contributed by atoms with Crippen LogP contribution in [0.4, 0.5) is 11.5 Å². The van der Waals surface area contributed by atoms with Crippen molar-refractivity contribution < 1.29 is 13.5 Å². The van der Waals surface area contributed by atoms with Gasteiger partial charge in [-0.2, -0.15) is 4.52 Å². The van der Waals surface area contributed by atoms with E-state index in [1.807, 2.05) is 25.1 Å². The Kier molecular flexibility index (Phi) is 5.38. The Balaban J connectivity index is 2.02. The van der Waals surface area contributed by atoms with Crippen molar-refractivity contribution in [2.45, 2.75) is 30.1 Å². The molecule has 2 heterocycles. The minimum Gasteiger partial charge on any atom is -0.396 e. The number of hydrogen-bond donors (Lipinski definition) is 3. The number of para-hydroxylation sites is 1. The van der Waals surface area contributed by atoms with Gasteiger partial charge in [0.25, 0.3) is 5.56 Å². The van der Waals surface area contributed by atoms with Gasteiger partial charge in [0.05, 0.1) is 4.90 Å². The smallest absolute Gasteiger partial charge is 0.276 e. The van der Waals surface area contributed by atoms with E-state index >= 15 is 0 Å². The summed E-state index contributed by atoms with van der Waals surface area (Å²) in [6, 6.07) is 15.5. The number of nitrogens with one attached hydrogen (secondary N) is 2. The number of aliphatic hydroxyl groups is 1. The SMILES string of the molecule is Cc1ccc(S(=O)(=O)c2c(Nc3ccccc3)[nH]n3c(=O)c(CCO)c(C)nc23)cc1. The van der Waals surface area contributed by atoms with Crippen LogP contribution < -0.4 is 10.9 Å². The molecule has 160 valence electrons. The third kappa shape index (κ3) is 3.73. The summed E-state index contributed by atoms with van der Waals surface area (Å²) in [5, 5.41) is 15.2. The summed E-state index contributed by atoms with van der Waals surface area (Å²) in [5.74, 6) is 0.136. The van der Waals surface area contributed by atoms with E-state index in [0.29, 0.717) is 16.9 Å². The highest BCUT2D eigenvalue weighted by Crippen LogP contribution is 2.32. The molecule has 0 radical (unpaired) electrons. The Morgan fingerprint density at radius 2 is 1.74 bits per heavy atom. The molecule has 2 aromatic carbocycles. The monoisotopic (exact) mass is 438 g/mol. The van der Waals surface area contributed by atoms with Gasteiger partial charge in [-0.1, -0.05) is 35.9 Å². The predicted octanol–water partition coefficient (Wildman–Crippen LogP) is 2.75. The van der Waals surface area contributed by atoms with Gasteiger partial charge in [0, 0.05) is 30.0 Å². The molecule has 0 unspecified atom stereocenters. The van der Waals surface area contributed by atoms with Crippen LogP contribution in [0.5, 0.6) is 0 Å². The lowest BCUT2D eigenvalue weighted by atomic mass is 10.2. The molecule has 0 aliphatic rings. The van der Waals surface area contributed by atoms with E-state index in [-0.39, 0.29) is 34.3 Å². The summed E-state index contributed by atoms with van der Waals surface area (Å²) in [6.45, 7) is 3.29. The topological polar surface area (TPSA) is 117 Å². The third-order valence-corrected chi connectivity index (χ3v) is 6.86.